The maximum Gasteiger partial charge on any atom is 0.311 e. The first-order valence-corrected chi connectivity index (χ1v) is 7.59. The zero-order chi connectivity index (χ0) is 15.9. The summed E-state index contributed by atoms with van der Waals surface area (Å²) in [7, 11) is 0. The van der Waals surface area contributed by atoms with Crippen LogP contribution < -0.4 is 4.74 Å². The molecule has 3 rings (SSSR count). The summed E-state index contributed by atoms with van der Waals surface area (Å²) in [6, 6.07) is 10.1. The maximum atomic E-state index is 12.0. The number of phenols is 1. The van der Waals surface area contributed by atoms with E-state index in [1.807, 2.05) is 39.0 Å². The molecule has 1 heterocycles. The normalized spacial score (nSPS) is 17.6. The molecule has 22 heavy (non-hydrogen) atoms. The molecule has 3 nitrogen and oxygen atoms in total. The molecule has 2 aromatic rings. The van der Waals surface area contributed by atoms with Crippen molar-refractivity contribution in [3.05, 3.63) is 58.1 Å². The van der Waals surface area contributed by atoms with Gasteiger partial charge in [-0.3, -0.25) is 4.79 Å². The zero-order valence-electron chi connectivity index (χ0n) is 13.1. The van der Waals surface area contributed by atoms with Gasteiger partial charge < -0.3 is 9.84 Å². The van der Waals surface area contributed by atoms with E-state index in [-0.39, 0.29) is 11.9 Å². The van der Waals surface area contributed by atoms with E-state index < -0.39 is 0 Å². The van der Waals surface area contributed by atoms with Gasteiger partial charge in [-0.25, -0.2) is 0 Å². The van der Waals surface area contributed by atoms with Gasteiger partial charge in [0.05, 0.1) is 0 Å². The summed E-state index contributed by atoms with van der Waals surface area (Å²) in [4.78, 5) is 12.0. The molecule has 0 spiro atoms. The SMILES string of the molecule is Cc1c(C)c2c(c(C)c1O)C(c1ccccc1)CCC(=O)O2. The van der Waals surface area contributed by atoms with Crippen LogP contribution >= 0.6 is 0 Å². The van der Waals surface area contributed by atoms with Crippen LogP contribution in [0, 0.1) is 20.8 Å². The van der Waals surface area contributed by atoms with Gasteiger partial charge >= 0.3 is 5.97 Å². The van der Waals surface area contributed by atoms with Gasteiger partial charge in [-0.15, -0.1) is 0 Å². The number of fused-ring (bicyclic) bond motifs is 1. The fraction of sp³-hybridized carbons (Fsp3) is 0.316. The van der Waals surface area contributed by atoms with Crippen LogP contribution in [0.5, 0.6) is 11.5 Å². The van der Waals surface area contributed by atoms with Crippen LogP contribution in [-0.2, 0) is 4.79 Å². The molecule has 114 valence electrons. The summed E-state index contributed by atoms with van der Waals surface area (Å²) in [5.41, 5.74) is 4.51. The summed E-state index contributed by atoms with van der Waals surface area (Å²) in [5, 5.41) is 10.4. The predicted molar refractivity (Wildman–Crippen MR) is 85.5 cm³/mol. The van der Waals surface area contributed by atoms with Crippen molar-refractivity contribution >= 4 is 5.97 Å². The molecule has 1 atom stereocenters. The molecule has 0 radical (unpaired) electrons. The predicted octanol–water partition coefficient (Wildman–Crippen LogP) is 4.15. The molecule has 1 aliphatic heterocycles. The van der Waals surface area contributed by atoms with Gasteiger partial charge in [-0.1, -0.05) is 30.3 Å². The van der Waals surface area contributed by atoms with Crippen LogP contribution in [0.15, 0.2) is 30.3 Å². The van der Waals surface area contributed by atoms with Crippen LogP contribution in [0.1, 0.15) is 46.6 Å². The second kappa shape index (κ2) is 5.48. The zero-order valence-corrected chi connectivity index (χ0v) is 13.1. The van der Waals surface area contributed by atoms with E-state index in [1.54, 1.807) is 0 Å². The third-order valence-corrected chi connectivity index (χ3v) is 4.67. The highest BCUT2D eigenvalue weighted by Crippen LogP contribution is 2.46. The molecule has 1 N–H and O–H groups in total. The van der Waals surface area contributed by atoms with Gasteiger partial charge in [0.25, 0.3) is 0 Å². The van der Waals surface area contributed by atoms with Crippen LogP contribution in [0.2, 0.25) is 0 Å². The minimum absolute atomic E-state index is 0.0628. The smallest absolute Gasteiger partial charge is 0.311 e. The molecule has 0 saturated carbocycles. The fourth-order valence-corrected chi connectivity index (χ4v) is 3.27. The molecule has 2 aromatic carbocycles. The number of esters is 1. The Morgan fingerprint density at radius 2 is 1.73 bits per heavy atom. The number of aromatic hydroxyl groups is 1. The highest BCUT2D eigenvalue weighted by molar-refractivity contribution is 5.76. The standard InChI is InChI=1S/C19H20O3/c1-11-12(2)19-17(13(3)18(11)21)15(9-10-16(20)22-19)14-7-5-4-6-8-14/h4-8,15,21H,9-10H2,1-3H3. The molecule has 3 heteroatoms. The van der Waals surface area contributed by atoms with Crippen molar-refractivity contribution in [3.8, 4) is 11.5 Å². The molecule has 0 amide bonds. The molecule has 0 saturated heterocycles. The van der Waals surface area contributed by atoms with Crippen molar-refractivity contribution in [1.82, 2.24) is 0 Å². The minimum Gasteiger partial charge on any atom is -0.507 e. The van der Waals surface area contributed by atoms with Crippen LogP contribution in [-0.4, -0.2) is 11.1 Å². The van der Waals surface area contributed by atoms with Crippen molar-refractivity contribution in [2.75, 3.05) is 0 Å². The quantitative estimate of drug-likeness (QED) is 0.635. The van der Waals surface area contributed by atoms with E-state index in [9.17, 15) is 9.90 Å². The topological polar surface area (TPSA) is 46.5 Å². The largest absolute Gasteiger partial charge is 0.507 e. The van der Waals surface area contributed by atoms with Gasteiger partial charge in [0.1, 0.15) is 11.5 Å². The fourth-order valence-electron chi connectivity index (χ4n) is 3.27. The highest BCUT2D eigenvalue weighted by atomic mass is 16.5. The van der Waals surface area contributed by atoms with Gasteiger partial charge in [0.2, 0.25) is 0 Å². The molecule has 0 bridgehead atoms. The summed E-state index contributed by atoms with van der Waals surface area (Å²) < 4.78 is 5.61. The Balaban J connectivity index is 2.28. The number of carbonyl (C=O) groups is 1. The first kappa shape index (κ1) is 14.6. The van der Waals surface area contributed by atoms with Crippen LogP contribution in [0.25, 0.3) is 0 Å². The van der Waals surface area contributed by atoms with Crippen LogP contribution in [0.4, 0.5) is 0 Å². The van der Waals surface area contributed by atoms with Gasteiger partial charge in [-0.05, 0) is 49.4 Å². The lowest BCUT2D eigenvalue weighted by atomic mass is 9.83. The van der Waals surface area contributed by atoms with E-state index in [0.29, 0.717) is 24.3 Å². The number of rotatable bonds is 1. The van der Waals surface area contributed by atoms with Gasteiger partial charge in [0, 0.05) is 17.9 Å². The number of benzene rings is 2. The molecule has 1 aliphatic rings. The van der Waals surface area contributed by atoms with E-state index in [0.717, 1.165) is 27.8 Å². The van der Waals surface area contributed by atoms with E-state index >= 15 is 0 Å². The second-order valence-electron chi connectivity index (χ2n) is 5.94. The highest BCUT2D eigenvalue weighted by Gasteiger charge is 2.30. The number of ether oxygens (including phenoxy) is 1. The van der Waals surface area contributed by atoms with Gasteiger partial charge in [0.15, 0.2) is 0 Å². The van der Waals surface area contributed by atoms with Crippen molar-refractivity contribution in [2.45, 2.75) is 39.5 Å². The molecule has 1 unspecified atom stereocenters. The minimum atomic E-state index is -0.202. The van der Waals surface area contributed by atoms with E-state index in [4.69, 9.17) is 4.74 Å². The Morgan fingerprint density at radius 1 is 1.05 bits per heavy atom. The summed E-state index contributed by atoms with van der Waals surface area (Å²) >= 11 is 0. The Morgan fingerprint density at radius 3 is 2.41 bits per heavy atom. The number of phenolic OH excluding ortho intramolecular Hbond substituents is 1. The average Bonchev–Trinajstić information content (AvgIpc) is 2.71. The molecule has 0 fully saturated rings. The maximum absolute atomic E-state index is 12.0. The Labute approximate surface area is 130 Å². The van der Waals surface area contributed by atoms with E-state index in [2.05, 4.69) is 12.1 Å². The van der Waals surface area contributed by atoms with Crippen molar-refractivity contribution in [1.29, 1.82) is 0 Å². The summed E-state index contributed by atoms with van der Waals surface area (Å²) in [6.07, 6.45) is 1.07. The molecule has 0 aliphatic carbocycles. The van der Waals surface area contributed by atoms with Crippen LogP contribution in [0.3, 0.4) is 0 Å². The lowest BCUT2D eigenvalue weighted by molar-refractivity contribution is -0.134. The Hall–Kier alpha value is -2.29. The monoisotopic (exact) mass is 296 g/mol. The Bertz CT molecular complexity index is 732. The average molecular weight is 296 g/mol. The number of carbonyl (C=O) groups excluding carboxylic acids is 1. The third kappa shape index (κ3) is 2.27. The number of hydrogen-bond donors (Lipinski definition) is 1. The lowest BCUT2D eigenvalue weighted by Crippen LogP contribution is -2.08. The van der Waals surface area contributed by atoms with Crippen molar-refractivity contribution in [3.63, 3.8) is 0 Å². The Kier molecular flexibility index (Phi) is 3.65. The second-order valence-corrected chi connectivity index (χ2v) is 5.94. The first-order chi connectivity index (χ1) is 10.5. The van der Waals surface area contributed by atoms with Crippen molar-refractivity contribution < 1.29 is 14.6 Å². The molecular formula is C19H20O3. The third-order valence-electron chi connectivity index (χ3n) is 4.67. The first-order valence-electron chi connectivity index (χ1n) is 7.59. The van der Waals surface area contributed by atoms with Gasteiger partial charge in [-0.2, -0.15) is 0 Å². The number of hydrogen-bond acceptors (Lipinski definition) is 3. The van der Waals surface area contributed by atoms with E-state index in [1.165, 1.54) is 0 Å². The lowest BCUT2D eigenvalue weighted by Gasteiger charge is -2.23. The summed E-state index contributed by atoms with van der Waals surface area (Å²) in [5.74, 6) is 0.791. The molecular weight excluding hydrogens is 276 g/mol. The molecule has 0 aromatic heterocycles. The van der Waals surface area contributed by atoms with Crippen molar-refractivity contribution in [2.24, 2.45) is 0 Å². The summed E-state index contributed by atoms with van der Waals surface area (Å²) in [6.45, 7) is 5.65.